The zero-order valence-electron chi connectivity index (χ0n) is 10.0. The van der Waals surface area contributed by atoms with Gasteiger partial charge in [-0.05, 0) is 13.8 Å². The second-order valence-electron chi connectivity index (χ2n) is 4.07. The molecule has 0 bridgehead atoms. The number of carbonyl (C=O) groups is 1. The average Bonchev–Trinajstić information content (AvgIpc) is 2.73. The van der Waals surface area contributed by atoms with Crippen molar-refractivity contribution in [2.45, 2.75) is 32.5 Å². The van der Waals surface area contributed by atoms with Crippen LogP contribution in [0.5, 0.6) is 0 Å². The van der Waals surface area contributed by atoms with Crippen molar-refractivity contribution in [3.63, 3.8) is 0 Å². The standard InChI is InChI=1S/C11H17N3O2S/c1-7-10(12-3-4-16-7)11(15)14-6-9-5-13-8(2)17-9/h5,7,10,12H,3-4,6H2,1-2H3,(H,14,15)/t7-,10+/m1/s1. The fraction of sp³-hybridized carbons (Fsp3) is 0.636. The minimum absolute atomic E-state index is 0.0109. The average molecular weight is 255 g/mol. The van der Waals surface area contributed by atoms with Crippen LogP contribution in [-0.4, -0.2) is 36.2 Å². The normalized spacial score (nSPS) is 24.6. The molecule has 5 nitrogen and oxygen atoms in total. The highest BCUT2D eigenvalue weighted by molar-refractivity contribution is 7.11. The third-order valence-electron chi connectivity index (χ3n) is 2.70. The number of hydrogen-bond acceptors (Lipinski definition) is 5. The summed E-state index contributed by atoms with van der Waals surface area (Å²) in [5, 5.41) is 7.08. The van der Waals surface area contributed by atoms with Crippen molar-refractivity contribution in [3.8, 4) is 0 Å². The molecule has 17 heavy (non-hydrogen) atoms. The largest absolute Gasteiger partial charge is 0.375 e. The number of hydrogen-bond donors (Lipinski definition) is 2. The Morgan fingerprint density at radius 2 is 2.59 bits per heavy atom. The van der Waals surface area contributed by atoms with Crippen molar-refractivity contribution in [2.24, 2.45) is 0 Å². The van der Waals surface area contributed by atoms with Gasteiger partial charge in [0.2, 0.25) is 5.91 Å². The molecule has 6 heteroatoms. The molecule has 2 heterocycles. The van der Waals surface area contributed by atoms with Crippen LogP contribution in [0.15, 0.2) is 6.20 Å². The molecule has 0 unspecified atom stereocenters. The lowest BCUT2D eigenvalue weighted by Gasteiger charge is -2.29. The maximum absolute atomic E-state index is 11.9. The van der Waals surface area contributed by atoms with Crippen molar-refractivity contribution in [1.82, 2.24) is 15.6 Å². The predicted octanol–water partition coefficient (Wildman–Crippen LogP) is 0.445. The van der Waals surface area contributed by atoms with Crippen LogP contribution in [0.4, 0.5) is 0 Å². The van der Waals surface area contributed by atoms with E-state index in [9.17, 15) is 4.79 Å². The molecule has 2 rings (SSSR count). The quantitative estimate of drug-likeness (QED) is 0.823. The minimum Gasteiger partial charge on any atom is -0.375 e. The van der Waals surface area contributed by atoms with Gasteiger partial charge in [-0.3, -0.25) is 4.79 Å². The molecule has 0 spiro atoms. The van der Waals surface area contributed by atoms with Gasteiger partial charge in [-0.1, -0.05) is 0 Å². The summed E-state index contributed by atoms with van der Waals surface area (Å²) in [6.45, 7) is 5.79. The number of thiazole rings is 1. The molecule has 2 atom stereocenters. The highest BCUT2D eigenvalue weighted by Gasteiger charge is 2.27. The van der Waals surface area contributed by atoms with Crippen molar-refractivity contribution in [2.75, 3.05) is 13.2 Å². The van der Waals surface area contributed by atoms with Gasteiger partial charge in [0.15, 0.2) is 0 Å². The number of morpholine rings is 1. The molecule has 1 aliphatic heterocycles. The van der Waals surface area contributed by atoms with Crippen molar-refractivity contribution >= 4 is 17.2 Å². The molecule has 1 saturated heterocycles. The molecule has 1 aromatic heterocycles. The van der Waals surface area contributed by atoms with Crippen LogP contribution in [0, 0.1) is 6.92 Å². The molecule has 0 aliphatic carbocycles. The minimum atomic E-state index is -0.252. The fourth-order valence-electron chi connectivity index (χ4n) is 1.80. The number of amides is 1. The molecule has 0 radical (unpaired) electrons. The van der Waals surface area contributed by atoms with E-state index in [1.165, 1.54) is 0 Å². The van der Waals surface area contributed by atoms with E-state index in [1.807, 2.05) is 13.8 Å². The lowest BCUT2D eigenvalue weighted by atomic mass is 10.1. The Kier molecular flexibility index (Phi) is 4.09. The zero-order valence-corrected chi connectivity index (χ0v) is 10.8. The number of ether oxygens (including phenoxy) is 1. The highest BCUT2D eigenvalue weighted by Crippen LogP contribution is 2.11. The van der Waals surface area contributed by atoms with E-state index in [4.69, 9.17) is 4.74 Å². The predicted molar refractivity (Wildman–Crippen MR) is 65.9 cm³/mol. The molecule has 2 N–H and O–H groups in total. The second kappa shape index (κ2) is 5.57. The highest BCUT2D eigenvalue weighted by atomic mass is 32.1. The van der Waals surface area contributed by atoms with E-state index in [0.717, 1.165) is 16.4 Å². The van der Waals surface area contributed by atoms with Gasteiger partial charge in [-0.2, -0.15) is 0 Å². The molecular weight excluding hydrogens is 238 g/mol. The molecule has 0 aromatic carbocycles. The van der Waals surface area contributed by atoms with E-state index in [1.54, 1.807) is 17.5 Å². The smallest absolute Gasteiger partial charge is 0.240 e. The van der Waals surface area contributed by atoms with Gasteiger partial charge in [-0.15, -0.1) is 11.3 Å². The third-order valence-corrected chi connectivity index (χ3v) is 3.62. The first-order valence-electron chi connectivity index (χ1n) is 5.71. The summed E-state index contributed by atoms with van der Waals surface area (Å²) in [6.07, 6.45) is 1.72. The van der Waals surface area contributed by atoms with Crippen molar-refractivity contribution < 1.29 is 9.53 Å². The lowest BCUT2D eigenvalue weighted by molar-refractivity contribution is -0.129. The summed E-state index contributed by atoms with van der Waals surface area (Å²) in [4.78, 5) is 17.1. The summed E-state index contributed by atoms with van der Waals surface area (Å²) < 4.78 is 5.43. The number of nitrogens with zero attached hydrogens (tertiary/aromatic N) is 1. The third kappa shape index (κ3) is 3.24. The Bertz CT molecular complexity index is 394. The van der Waals surface area contributed by atoms with Gasteiger partial charge in [0.25, 0.3) is 0 Å². The number of carbonyl (C=O) groups excluding carboxylic acids is 1. The van der Waals surface area contributed by atoms with Gasteiger partial charge in [0, 0.05) is 17.6 Å². The van der Waals surface area contributed by atoms with E-state index >= 15 is 0 Å². The first kappa shape index (κ1) is 12.5. The molecule has 94 valence electrons. The Morgan fingerprint density at radius 1 is 1.76 bits per heavy atom. The molecule has 1 aliphatic rings. The van der Waals surface area contributed by atoms with Crippen LogP contribution in [-0.2, 0) is 16.1 Å². The van der Waals surface area contributed by atoms with Crippen LogP contribution >= 0.6 is 11.3 Å². The van der Waals surface area contributed by atoms with E-state index in [2.05, 4.69) is 15.6 Å². The summed E-state index contributed by atoms with van der Waals surface area (Å²) in [6, 6.07) is -0.252. The van der Waals surface area contributed by atoms with Crippen LogP contribution < -0.4 is 10.6 Å². The first-order valence-corrected chi connectivity index (χ1v) is 6.52. The van der Waals surface area contributed by atoms with Gasteiger partial charge >= 0.3 is 0 Å². The Labute approximate surface area is 105 Å². The SMILES string of the molecule is Cc1ncc(CNC(=O)[C@H]2NCCO[C@@H]2C)s1. The topological polar surface area (TPSA) is 63.2 Å². The van der Waals surface area contributed by atoms with E-state index in [0.29, 0.717) is 13.2 Å². The molecule has 1 fully saturated rings. The monoisotopic (exact) mass is 255 g/mol. The second-order valence-corrected chi connectivity index (χ2v) is 5.39. The number of aryl methyl sites for hydroxylation is 1. The fourth-order valence-corrected chi connectivity index (χ4v) is 2.53. The molecule has 0 saturated carbocycles. The summed E-state index contributed by atoms with van der Waals surface area (Å²) in [7, 11) is 0. The van der Waals surface area contributed by atoms with E-state index in [-0.39, 0.29) is 18.1 Å². The Morgan fingerprint density at radius 3 is 3.24 bits per heavy atom. The maximum Gasteiger partial charge on any atom is 0.240 e. The van der Waals surface area contributed by atoms with Gasteiger partial charge in [0.05, 0.1) is 24.3 Å². The zero-order chi connectivity index (χ0) is 12.3. The van der Waals surface area contributed by atoms with Crippen LogP contribution in [0.3, 0.4) is 0 Å². The summed E-state index contributed by atoms with van der Waals surface area (Å²) >= 11 is 1.60. The Balaban J connectivity index is 1.84. The van der Waals surface area contributed by atoms with Crippen LogP contribution in [0.2, 0.25) is 0 Å². The van der Waals surface area contributed by atoms with Gasteiger partial charge in [0.1, 0.15) is 6.04 Å². The maximum atomic E-state index is 11.9. The lowest BCUT2D eigenvalue weighted by Crippen LogP contribution is -2.55. The molecular formula is C11H17N3O2S. The number of rotatable bonds is 3. The van der Waals surface area contributed by atoms with Gasteiger partial charge < -0.3 is 15.4 Å². The first-order chi connectivity index (χ1) is 8.16. The summed E-state index contributed by atoms with van der Waals surface area (Å²) in [5.41, 5.74) is 0. The van der Waals surface area contributed by atoms with Crippen LogP contribution in [0.1, 0.15) is 16.8 Å². The number of nitrogens with one attached hydrogen (secondary N) is 2. The number of aromatic nitrogens is 1. The van der Waals surface area contributed by atoms with Crippen LogP contribution in [0.25, 0.3) is 0 Å². The van der Waals surface area contributed by atoms with Crippen molar-refractivity contribution in [3.05, 3.63) is 16.1 Å². The van der Waals surface area contributed by atoms with E-state index < -0.39 is 0 Å². The molecule has 1 amide bonds. The molecule has 1 aromatic rings. The Hall–Kier alpha value is -0.980. The summed E-state index contributed by atoms with van der Waals surface area (Å²) in [5.74, 6) is -0.0109. The van der Waals surface area contributed by atoms with Crippen molar-refractivity contribution in [1.29, 1.82) is 0 Å². The van der Waals surface area contributed by atoms with Gasteiger partial charge in [-0.25, -0.2) is 4.98 Å².